The van der Waals surface area contributed by atoms with Gasteiger partial charge in [0.25, 0.3) is 0 Å². The van der Waals surface area contributed by atoms with Gasteiger partial charge in [-0.25, -0.2) is 4.39 Å². The standard InChI is InChI=1S/C17H19BrFN/c1-20(12-14-7-9-17(19)10-8-14)13-16(11-18)15-5-3-2-4-6-15/h2-10,16H,11-13H2,1H3. The van der Waals surface area contributed by atoms with Crippen LogP contribution >= 0.6 is 15.9 Å². The molecule has 0 aliphatic carbocycles. The largest absolute Gasteiger partial charge is 0.301 e. The van der Waals surface area contributed by atoms with Crippen LogP contribution in [0.2, 0.25) is 0 Å². The van der Waals surface area contributed by atoms with Gasteiger partial charge in [0, 0.05) is 24.3 Å². The molecule has 106 valence electrons. The van der Waals surface area contributed by atoms with Crippen LogP contribution in [0, 0.1) is 5.82 Å². The van der Waals surface area contributed by atoms with E-state index >= 15 is 0 Å². The maximum Gasteiger partial charge on any atom is 0.123 e. The van der Waals surface area contributed by atoms with Gasteiger partial charge in [-0.1, -0.05) is 58.4 Å². The molecule has 0 aromatic heterocycles. The third-order valence-electron chi connectivity index (χ3n) is 3.36. The molecule has 0 heterocycles. The lowest BCUT2D eigenvalue weighted by Crippen LogP contribution is -2.25. The van der Waals surface area contributed by atoms with E-state index in [4.69, 9.17) is 0 Å². The summed E-state index contributed by atoms with van der Waals surface area (Å²) in [6, 6.07) is 17.2. The lowest BCUT2D eigenvalue weighted by Gasteiger charge is -2.23. The molecule has 3 heteroatoms. The van der Waals surface area contributed by atoms with Crippen molar-refractivity contribution in [3.63, 3.8) is 0 Å². The van der Waals surface area contributed by atoms with Crippen LogP contribution in [0.4, 0.5) is 4.39 Å². The fraction of sp³-hybridized carbons (Fsp3) is 0.294. The molecule has 0 spiro atoms. The highest BCUT2D eigenvalue weighted by molar-refractivity contribution is 9.09. The first kappa shape index (κ1) is 15.2. The van der Waals surface area contributed by atoms with Gasteiger partial charge in [-0.3, -0.25) is 0 Å². The Labute approximate surface area is 128 Å². The van der Waals surface area contributed by atoms with Crippen LogP contribution in [0.1, 0.15) is 17.0 Å². The average Bonchev–Trinajstić information content (AvgIpc) is 2.48. The molecule has 0 bridgehead atoms. The van der Waals surface area contributed by atoms with Crippen molar-refractivity contribution in [3.8, 4) is 0 Å². The first-order chi connectivity index (χ1) is 9.69. The van der Waals surface area contributed by atoms with Crippen molar-refractivity contribution in [1.82, 2.24) is 4.90 Å². The molecule has 2 aromatic rings. The summed E-state index contributed by atoms with van der Waals surface area (Å²) in [4.78, 5) is 2.27. The van der Waals surface area contributed by atoms with Gasteiger partial charge >= 0.3 is 0 Å². The number of rotatable bonds is 6. The van der Waals surface area contributed by atoms with Gasteiger partial charge in [0.05, 0.1) is 0 Å². The van der Waals surface area contributed by atoms with Crippen molar-refractivity contribution in [3.05, 3.63) is 71.5 Å². The summed E-state index contributed by atoms with van der Waals surface area (Å²) in [7, 11) is 2.10. The van der Waals surface area contributed by atoms with Gasteiger partial charge in [-0.2, -0.15) is 0 Å². The van der Waals surface area contributed by atoms with E-state index in [0.717, 1.165) is 24.0 Å². The van der Waals surface area contributed by atoms with E-state index in [1.165, 1.54) is 17.7 Å². The molecule has 20 heavy (non-hydrogen) atoms. The van der Waals surface area contributed by atoms with Crippen LogP contribution in [0.15, 0.2) is 54.6 Å². The quantitative estimate of drug-likeness (QED) is 0.705. The maximum atomic E-state index is 12.9. The summed E-state index contributed by atoms with van der Waals surface area (Å²) in [5.74, 6) is 0.278. The van der Waals surface area contributed by atoms with Crippen LogP contribution in [0.5, 0.6) is 0 Å². The second-order valence-corrected chi connectivity index (χ2v) is 5.73. The van der Waals surface area contributed by atoms with E-state index in [-0.39, 0.29) is 5.82 Å². The zero-order chi connectivity index (χ0) is 14.4. The number of nitrogens with zero attached hydrogens (tertiary/aromatic N) is 1. The topological polar surface area (TPSA) is 3.24 Å². The van der Waals surface area contributed by atoms with Crippen LogP contribution < -0.4 is 0 Å². The Bertz CT molecular complexity index is 512. The lowest BCUT2D eigenvalue weighted by molar-refractivity contribution is 0.311. The Morgan fingerprint density at radius 2 is 1.70 bits per heavy atom. The van der Waals surface area contributed by atoms with Crippen LogP contribution in [0.3, 0.4) is 0 Å². The van der Waals surface area contributed by atoms with Crippen molar-refractivity contribution in [2.45, 2.75) is 12.5 Å². The molecule has 2 rings (SSSR count). The first-order valence-electron chi connectivity index (χ1n) is 6.73. The molecule has 0 radical (unpaired) electrons. The lowest BCUT2D eigenvalue weighted by atomic mass is 10.0. The third-order valence-corrected chi connectivity index (χ3v) is 4.14. The van der Waals surface area contributed by atoms with E-state index in [0.29, 0.717) is 5.92 Å². The second kappa shape index (κ2) is 7.55. The number of hydrogen-bond donors (Lipinski definition) is 0. The maximum absolute atomic E-state index is 12.9. The summed E-state index contributed by atoms with van der Waals surface area (Å²) in [6.07, 6.45) is 0. The summed E-state index contributed by atoms with van der Waals surface area (Å²) >= 11 is 3.60. The summed E-state index contributed by atoms with van der Waals surface area (Å²) in [5, 5.41) is 0.935. The molecule has 0 N–H and O–H groups in total. The van der Waals surface area contributed by atoms with Gasteiger partial charge < -0.3 is 4.90 Å². The number of hydrogen-bond acceptors (Lipinski definition) is 1. The van der Waals surface area contributed by atoms with Crippen LogP contribution in [-0.2, 0) is 6.54 Å². The minimum absolute atomic E-state index is 0.181. The number of alkyl halides is 1. The minimum atomic E-state index is -0.181. The average molecular weight is 336 g/mol. The van der Waals surface area contributed by atoms with Crippen molar-refractivity contribution < 1.29 is 4.39 Å². The summed E-state index contributed by atoms with van der Waals surface area (Å²) in [5.41, 5.74) is 2.48. The molecule has 0 saturated carbocycles. The molecule has 0 aliphatic heterocycles. The third kappa shape index (κ3) is 4.43. The van der Waals surface area contributed by atoms with Gasteiger partial charge in [-0.15, -0.1) is 0 Å². The Morgan fingerprint density at radius 3 is 2.30 bits per heavy atom. The van der Waals surface area contributed by atoms with Crippen molar-refractivity contribution in [2.24, 2.45) is 0 Å². The monoisotopic (exact) mass is 335 g/mol. The van der Waals surface area contributed by atoms with E-state index in [2.05, 4.69) is 52.1 Å². The predicted octanol–water partition coefficient (Wildman–Crippen LogP) is 4.44. The number of likely N-dealkylation sites (N-methyl/N-ethyl adjacent to an activating group) is 1. The van der Waals surface area contributed by atoms with Crippen molar-refractivity contribution in [2.75, 3.05) is 18.9 Å². The highest BCUT2D eigenvalue weighted by Gasteiger charge is 2.12. The molecular weight excluding hydrogens is 317 g/mol. The van der Waals surface area contributed by atoms with Crippen LogP contribution in [0.25, 0.3) is 0 Å². The fourth-order valence-electron chi connectivity index (χ4n) is 2.31. The molecule has 1 atom stereocenters. The van der Waals surface area contributed by atoms with Gasteiger partial charge in [-0.05, 0) is 30.3 Å². The Balaban J connectivity index is 1.95. The van der Waals surface area contributed by atoms with Crippen molar-refractivity contribution >= 4 is 15.9 Å². The fourth-order valence-corrected chi connectivity index (χ4v) is 2.89. The minimum Gasteiger partial charge on any atom is -0.301 e. The molecule has 2 aromatic carbocycles. The summed E-state index contributed by atoms with van der Waals surface area (Å²) in [6.45, 7) is 1.79. The molecule has 0 aliphatic rings. The highest BCUT2D eigenvalue weighted by Crippen LogP contribution is 2.19. The molecule has 0 amide bonds. The molecule has 0 saturated heterocycles. The number of benzene rings is 2. The summed E-state index contributed by atoms with van der Waals surface area (Å²) < 4.78 is 12.9. The predicted molar refractivity (Wildman–Crippen MR) is 85.7 cm³/mol. The van der Waals surface area contributed by atoms with Gasteiger partial charge in [0.1, 0.15) is 5.82 Å². The molecule has 1 nitrogen and oxygen atoms in total. The van der Waals surface area contributed by atoms with Gasteiger partial charge in [0.15, 0.2) is 0 Å². The van der Waals surface area contributed by atoms with Crippen molar-refractivity contribution in [1.29, 1.82) is 0 Å². The first-order valence-corrected chi connectivity index (χ1v) is 7.85. The van der Waals surface area contributed by atoms with E-state index in [9.17, 15) is 4.39 Å². The number of halogens is 2. The Kier molecular flexibility index (Phi) is 5.74. The SMILES string of the molecule is CN(Cc1ccc(F)cc1)CC(CBr)c1ccccc1. The Hall–Kier alpha value is -1.19. The van der Waals surface area contributed by atoms with E-state index < -0.39 is 0 Å². The van der Waals surface area contributed by atoms with Crippen LogP contribution in [-0.4, -0.2) is 23.8 Å². The molecular formula is C17H19BrFN. The smallest absolute Gasteiger partial charge is 0.123 e. The normalized spacial score (nSPS) is 12.6. The Morgan fingerprint density at radius 1 is 1.05 bits per heavy atom. The molecule has 1 unspecified atom stereocenters. The molecule has 0 fully saturated rings. The van der Waals surface area contributed by atoms with Gasteiger partial charge in [0.2, 0.25) is 0 Å². The van der Waals surface area contributed by atoms with E-state index in [1.54, 1.807) is 0 Å². The zero-order valence-electron chi connectivity index (χ0n) is 11.6. The van der Waals surface area contributed by atoms with E-state index in [1.807, 2.05) is 18.2 Å². The second-order valence-electron chi connectivity index (χ2n) is 5.09. The zero-order valence-corrected chi connectivity index (χ0v) is 13.2. The highest BCUT2D eigenvalue weighted by atomic mass is 79.9.